The maximum Gasteiger partial charge on any atom is 0.226 e. The molecule has 0 atom stereocenters. The third-order valence-corrected chi connectivity index (χ3v) is 5.60. The predicted octanol–water partition coefficient (Wildman–Crippen LogP) is 4.70. The van der Waals surface area contributed by atoms with Crippen molar-refractivity contribution in [3.63, 3.8) is 0 Å². The Hall–Kier alpha value is -3.28. The van der Waals surface area contributed by atoms with E-state index in [4.69, 9.17) is 14.1 Å². The van der Waals surface area contributed by atoms with E-state index < -0.39 is 0 Å². The van der Waals surface area contributed by atoms with Gasteiger partial charge in [-0.1, -0.05) is 35.9 Å². The van der Waals surface area contributed by atoms with Crippen LogP contribution < -0.4 is 10.1 Å². The Morgan fingerprint density at radius 3 is 2.59 bits per heavy atom. The Kier molecular flexibility index (Phi) is 7.43. The summed E-state index contributed by atoms with van der Waals surface area (Å²) in [4.78, 5) is 11.8. The average Bonchev–Trinajstić information content (AvgIpc) is 3.29. The number of rotatable bonds is 7. The Labute approximate surface area is 190 Å². The van der Waals surface area contributed by atoms with E-state index in [9.17, 15) is 0 Å². The van der Waals surface area contributed by atoms with Gasteiger partial charge in [0.05, 0.1) is 5.69 Å². The van der Waals surface area contributed by atoms with Crippen molar-refractivity contribution in [1.29, 1.82) is 0 Å². The molecule has 32 heavy (non-hydrogen) atoms. The van der Waals surface area contributed by atoms with Crippen LogP contribution >= 0.6 is 0 Å². The summed E-state index contributed by atoms with van der Waals surface area (Å²) < 4.78 is 11.8. The van der Waals surface area contributed by atoms with E-state index in [-0.39, 0.29) is 6.10 Å². The van der Waals surface area contributed by atoms with Crippen molar-refractivity contribution in [3.05, 3.63) is 72.1 Å². The number of aromatic nitrogens is 1. The van der Waals surface area contributed by atoms with Gasteiger partial charge in [-0.2, -0.15) is 0 Å². The van der Waals surface area contributed by atoms with Crippen LogP contribution in [0.2, 0.25) is 0 Å². The molecular formula is C26H32N4O2. The van der Waals surface area contributed by atoms with Crippen molar-refractivity contribution in [1.82, 2.24) is 15.2 Å². The number of aliphatic imine (C=N–C) groups is 1. The summed E-state index contributed by atoms with van der Waals surface area (Å²) >= 11 is 0. The Balaban J connectivity index is 1.29. The van der Waals surface area contributed by atoms with E-state index in [1.807, 2.05) is 42.5 Å². The topological polar surface area (TPSA) is 62.9 Å². The van der Waals surface area contributed by atoms with Crippen LogP contribution in [0.4, 0.5) is 0 Å². The highest BCUT2D eigenvalue weighted by atomic mass is 16.5. The highest BCUT2D eigenvalue weighted by molar-refractivity contribution is 5.80. The van der Waals surface area contributed by atoms with Crippen molar-refractivity contribution in [3.8, 4) is 17.2 Å². The summed E-state index contributed by atoms with van der Waals surface area (Å²) in [5.74, 6) is 2.58. The molecule has 2 aromatic carbocycles. The molecule has 1 aromatic heterocycles. The van der Waals surface area contributed by atoms with Crippen molar-refractivity contribution >= 4 is 5.96 Å². The first-order valence-electron chi connectivity index (χ1n) is 11.5. The molecule has 1 aliphatic rings. The van der Waals surface area contributed by atoms with Crippen LogP contribution in [0.5, 0.6) is 5.75 Å². The summed E-state index contributed by atoms with van der Waals surface area (Å²) in [7, 11) is 0. The normalized spacial score (nSPS) is 15.1. The minimum absolute atomic E-state index is 0.256. The number of piperidine rings is 1. The third-order valence-electron chi connectivity index (χ3n) is 5.60. The van der Waals surface area contributed by atoms with Gasteiger partial charge < -0.3 is 19.4 Å². The van der Waals surface area contributed by atoms with E-state index in [0.717, 1.165) is 61.9 Å². The van der Waals surface area contributed by atoms with Crippen LogP contribution in [0.1, 0.15) is 31.0 Å². The maximum absolute atomic E-state index is 6.12. The number of guanidine groups is 1. The highest BCUT2D eigenvalue weighted by Gasteiger charge is 2.22. The molecule has 0 saturated carbocycles. The number of oxazole rings is 1. The van der Waals surface area contributed by atoms with Gasteiger partial charge >= 0.3 is 0 Å². The first-order chi connectivity index (χ1) is 15.7. The number of likely N-dealkylation sites (tertiary alicyclic amines) is 1. The van der Waals surface area contributed by atoms with Crippen molar-refractivity contribution in [2.75, 3.05) is 26.2 Å². The second kappa shape index (κ2) is 10.8. The molecule has 1 N–H and O–H groups in total. The van der Waals surface area contributed by atoms with Gasteiger partial charge in [-0.15, -0.1) is 0 Å². The summed E-state index contributed by atoms with van der Waals surface area (Å²) in [6.45, 7) is 7.56. The molecule has 6 heteroatoms. The summed E-state index contributed by atoms with van der Waals surface area (Å²) in [6.07, 6.45) is 4.72. The average molecular weight is 433 g/mol. The largest absolute Gasteiger partial charge is 0.490 e. The van der Waals surface area contributed by atoms with Crippen molar-refractivity contribution in [2.45, 2.75) is 39.2 Å². The number of nitrogens with one attached hydrogen (secondary N) is 1. The quantitative estimate of drug-likeness (QED) is 0.433. The van der Waals surface area contributed by atoms with Crippen LogP contribution in [0, 0.1) is 6.92 Å². The van der Waals surface area contributed by atoms with Gasteiger partial charge in [0.1, 0.15) is 18.1 Å². The lowest BCUT2D eigenvalue weighted by Crippen LogP contribution is -2.47. The fourth-order valence-corrected chi connectivity index (χ4v) is 3.83. The summed E-state index contributed by atoms with van der Waals surface area (Å²) in [5, 5.41) is 3.43. The van der Waals surface area contributed by atoms with Crippen LogP contribution in [0.15, 0.2) is 70.3 Å². The predicted molar refractivity (Wildman–Crippen MR) is 128 cm³/mol. The standard InChI is InChI=1S/C26H32N4O2/c1-3-27-26(30-17-14-24(15-18-30)32-23-7-5-4-6-8-23)28-16-13-22-19-31-25(29-22)21-11-9-20(2)10-12-21/h4-12,19,24H,3,13-18H2,1-2H3,(H,27,28). The van der Waals surface area contributed by atoms with E-state index in [1.54, 1.807) is 6.26 Å². The zero-order valence-corrected chi connectivity index (χ0v) is 19.0. The summed E-state index contributed by atoms with van der Waals surface area (Å²) in [6, 6.07) is 18.3. The zero-order valence-electron chi connectivity index (χ0n) is 19.0. The lowest BCUT2D eigenvalue weighted by Gasteiger charge is -2.34. The number of hydrogen-bond donors (Lipinski definition) is 1. The fourth-order valence-electron chi connectivity index (χ4n) is 3.83. The molecule has 0 unspecified atom stereocenters. The van der Waals surface area contributed by atoms with Crippen molar-refractivity contribution in [2.24, 2.45) is 4.99 Å². The Morgan fingerprint density at radius 1 is 1.12 bits per heavy atom. The molecule has 6 nitrogen and oxygen atoms in total. The third kappa shape index (κ3) is 5.90. The first-order valence-corrected chi connectivity index (χ1v) is 11.5. The molecule has 0 spiro atoms. The number of hydrogen-bond acceptors (Lipinski definition) is 4. The van der Waals surface area contributed by atoms with Gasteiger partial charge in [-0.05, 0) is 38.1 Å². The molecule has 0 aliphatic carbocycles. The molecule has 0 amide bonds. The number of nitrogens with zero attached hydrogens (tertiary/aromatic N) is 3. The Morgan fingerprint density at radius 2 is 1.88 bits per heavy atom. The maximum atomic E-state index is 6.12. The minimum Gasteiger partial charge on any atom is -0.490 e. The van der Waals surface area contributed by atoms with E-state index in [1.165, 1.54) is 5.56 Å². The highest BCUT2D eigenvalue weighted by Crippen LogP contribution is 2.20. The van der Waals surface area contributed by atoms with Gasteiger partial charge in [-0.25, -0.2) is 4.98 Å². The molecular weight excluding hydrogens is 400 g/mol. The lowest BCUT2D eigenvalue weighted by molar-refractivity contribution is 0.129. The zero-order chi connectivity index (χ0) is 22.2. The van der Waals surface area contributed by atoms with E-state index in [2.05, 4.69) is 41.2 Å². The summed E-state index contributed by atoms with van der Waals surface area (Å²) in [5.41, 5.74) is 3.15. The van der Waals surface area contributed by atoms with Crippen LogP contribution in [0.25, 0.3) is 11.5 Å². The van der Waals surface area contributed by atoms with Gasteiger partial charge in [0.15, 0.2) is 5.96 Å². The van der Waals surface area contributed by atoms with Gasteiger partial charge in [0.25, 0.3) is 0 Å². The van der Waals surface area contributed by atoms with Gasteiger partial charge in [0.2, 0.25) is 5.89 Å². The number of ether oxygens (including phenoxy) is 1. The molecule has 1 saturated heterocycles. The first kappa shape index (κ1) is 21.9. The SMILES string of the molecule is CCNC(=NCCc1coc(-c2ccc(C)cc2)n1)N1CCC(Oc2ccccc2)CC1. The number of benzene rings is 2. The molecule has 3 aromatic rings. The number of para-hydroxylation sites is 1. The Bertz CT molecular complexity index is 990. The lowest BCUT2D eigenvalue weighted by atomic mass is 10.1. The molecule has 2 heterocycles. The molecule has 0 radical (unpaired) electrons. The molecule has 0 bridgehead atoms. The molecule has 168 valence electrons. The van der Waals surface area contributed by atoms with Crippen LogP contribution in [-0.4, -0.2) is 48.1 Å². The molecule has 1 fully saturated rings. The monoisotopic (exact) mass is 432 g/mol. The number of aryl methyl sites for hydroxylation is 1. The second-order valence-electron chi connectivity index (χ2n) is 8.11. The second-order valence-corrected chi connectivity index (χ2v) is 8.11. The van der Waals surface area contributed by atoms with Gasteiger partial charge in [0, 0.05) is 51.0 Å². The van der Waals surface area contributed by atoms with Crippen molar-refractivity contribution < 1.29 is 9.15 Å². The van der Waals surface area contributed by atoms with E-state index in [0.29, 0.717) is 12.4 Å². The van der Waals surface area contributed by atoms with Crippen LogP contribution in [0.3, 0.4) is 0 Å². The fraction of sp³-hybridized carbons (Fsp3) is 0.385. The van der Waals surface area contributed by atoms with Crippen LogP contribution in [-0.2, 0) is 6.42 Å². The smallest absolute Gasteiger partial charge is 0.226 e. The molecule has 4 rings (SSSR count). The van der Waals surface area contributed by atoms with Gasteiger partial charge in [-0.3, -0.25) is 4.99 Å². The van der Waals surface area contributed by atoms with E-state index >= 15 is 0 Å². The molecule has 1 aliphatic heterocycles. The minimum atomic E-state index is 0.256.